The molecule has 1 heterocycles. The Morgan fingerprint density at radius 2 is 1.75 bits per heavy atom. The molecule has 148 valence electrons. The van der Waals surface area contributed by atoms with Gasteiger partial charge in [0.2, 0.25) is 15.9 Å². The zero-order chi connectivity index (χ0) is 20.1. The van der Waals surface area contributed by atoms with Crippen molar-refractivity contribution in [3.63, 3.8) is 0 Å². The monoisotopic (exact) mass is 418 g/mol. The van der Waals surface area contributed by atoms with Gasteiger partial charge in [0.15, 0.2) is 0 Å². The van der Waals surface area contributed by atoms with Crippen molar-refractivity contribution in [3.05, 3.63) is 64.7 Å². The van der Waals surface area contributed by atoms with Gasteiger partial charge in [0.05, 0.1) is 4.90 Å². The molecule has 1 saturated heterocycles. The molecular formula is C21H23ClN2O3S. The first-order valence-corrected chi connectivity index (χ1v) is 11.0. The predicted molar refractivity (Wildman–Crippen MR) is 113 cm³/mol. The van der Waals surface area contributed by atoms with Gasteiger partial charge in [0, 0.05) is 29.9 Å². The van der Waals surface area contributed by atoms with Gasteiger partial charge in [-0.25, -0.2) is 8.42 Å². The summed E-state index contributed by atoms with van der Waals surface area (Å²) < 4.78 is 27.2. The summed E-state index contributed by atoms with van der Waals surface area (Å²) in [5, 5.41) is 3.40. The molecule has 3 rings (SSSR count). The van der Waals surface area contributed by atoms with Crippen LogP contribution in [0.4, 0.5) is 5.69 Å². The van der Waals surface area contributed by atoms with E-state index >= 15 is 0 Å². The lowest BCUT2D eigenvalue weighted by Gasteiger charge is -2.26. The first kappa shape index (κ1) is 20.6. The molecule has 1 fully saturated rings. The van der Waals surface area contributed by atoms with E-state index in [1.165, 1.54) is 16.4 Å². The van der Waals surface area contributed by atoms with Crippen LogP contribution in [0.25, 0.3) is 6.08 Å². The number of halogens is 1. The summed E-state index contributed by atoms with van der Waals surface area (Å²) in [5.41, 5.74) is 2.13. The summed E-state index contributed by atoms with van der Waals surface area (Å²) >= 11 is 5.85. The largest absolute Gasteiger partial charge is 0.322 e. The average Bonchev–Trinajstić information content (AvgIpc) is 2.70. The number of nitrogens with zero attached hydrogens (tertiary/aromatic N) is 1. The fourth-order valence-electron chi connectivity index (χ4n) is 3.07. The molecule has 0 spiro atoms. The number of piperidine rings is 1. The lowest BCUT2D eigenvalue weighted by molar-refractivity contribution is -0.111. The third kappa shape index (κ3) is 5.01. The highest BCUT2D eigenvalue weighted by molar-refractivity contribution is 7.89. The summed E-state index contributed by atoms with van der Waals surface area (Å²) in [6, 6.07) is 12.0. The smallest absolute Gasteiger partial charge is 0.248 e. The fraction of sp³-hybridized carbons (Fsp3) is 0.286. The molecule has 28 heavy (non-hydrogen) atoms. The topological polar surface area (TPSA) is 66.5 Å². The minimum Gasteiger partial charge on any atom is -0.322 e. The highest BCUT2D eigenvalue weighted by Crippen LogP contribution is 2.25. The maximum atomic E-state index is 12.9. The molecule has 0 bridgehead atoms. The summed E-state index contributed by atoms with van der Waals surface area (Å²) in [7, 11) is -3.54. The standard InChI is InChI=1S/C21H23ClN2O3S/c1-16-5-11-19(28(26,27)24-13-3-2-4-14-24)15-20(16)23-21(25)12-8-17-6-9-18(22)10-7-17/h5-12,15H,2-4,13-14H2,1H3,(H,23,25)/b12-8+. The molecule has 0 atom stereocenters. The first-order chi connectivity index (χ1) is 13.4. The van der Waals surface area contributed by atoms with Crippen LogP contribution in [0.5, 0.6) is 0 Å². The van der Waals surface area contributed by atoms with Crippen molar-refractivity contribution in [2.45, 2.75) is 31.1 Å². The molecule has 1 N–H and O–H groups in total. The SMILES string of the molecule is Cc1ccc(S(=O)(=O)N2CCCCC2)cc1NC(=O)/C=C/c1ccc(Cl)cc1. The van der Waals surface area contributed by atoms with Crippen molar-refractivity contribution in [2.75, 3.05) is 18.4 Å². The summed E-state index contributed by atoms with van der Waals surface area (Å²) in [6.45, 7) is 2.92. The minimum absolute atomic E-state index is 0.206. The maximum absolute atomic E-state index is 12.9. The van der Waals surface area contributed by atoms with Crippen LogP contribution >= 0.6 is 11.6 Å². The van der Waals surface area contributed by atoms with Crippen LogP contribution in [0.2, 0.25) is 5.02 Å². The van der Waals surface area contributed by atoms with Gasteiger partial charge in [-0.05, 0) is 61.2 Å². The number of amides is 1. The van der Waals surface area contributed by atoms with E-state index in [4.69, 9.17) is 11.6 Å². The number of rotatable bonds is 5. The molecule has 1 aliphatic rings. The molecule has 2 aromatic carbocycles. The number of hydrogen-bond acceptors (Lipinski definition) is 3. The number of carbonyl (C=O) groups excluding carboxylic acids is 1. The van der Waals surface area contributed by atoms with Crippen molar-refractivity contribution in [1.82, 2.24) is 4.31 Å². The second kappa shape index (κ2) is 8.90. The van der Waals surface area contributed by atoms with E-state index in [0.717, 1.165) is 30.4 Å². The lowest BCUT2D eigenvalue weighted by Crippen LogP contribution is -2.35. The van der Waals surface area contributed by atoms with Crippen LogP contribution in [0.3, 0.4) is 0 Å². The zero-order valence-electron chi connectivity index (χ0n) is 15.7. The zero-order valence-corrected chi connectivity index (χ0v) is 17.3. The number of sulfonamides is 1. The van der Waals surface area contributed by atoms with Crippen LogP contribution in [-0.2, 0) is 14.8 Å². The quantitative estimate of drug-likeness (QED) is 0.728. The molecule has 0 aromatic heterocycles. The molecule has 0 radical (unpaired) electrons. The summed E-state index contributed by atoms with van der Waals surface area (Å²) in [4.78, 5) is 12.5. The van der Waals surface area contributed by atoms with Crippen molar-refractivity contribution in [1.29, 1.82) is 0 Å². The molecule has 0 aliphatic carbocycles. The van der Waals surface area contributed by atoms with Crippen LogP contribution in [0.15, 0.2) is 53.4 Å². The number of benzene rings is 2. The van der Waals surface area contributed by atoms with Gasteiger partial charge in [-0.3, -0.25) is 4.79 Å². The van der Waals surface area contributed by atoms with E-state index in [9.17, 15) is 13.2 Å². The Labute approximate surface area is 171 Å². The summed E-state index contributed by atoms with van der Waals surface area (Å²) in [5.74, 6) is -0.328. The highest BCUT2D eigenvalue weighted by atomic mass is 35.5. The normalized spacial score (nSPS) is 15.6. The highest BCUT2D eigenvalue weighted by Gasteiger charge is 2.26. The third-order valence-electron chi connectivity index (χ3n) is 4.72. The van der Waals surface area contributed by atoms with Gasteiger partial charge in [-0.1, -0.05) is 36.2 Å². The van der Waals surface area contributed by atoms with Crippen LogP contribution in [0.1, 0.15) is 30.4 Å². The second-order valence-electron chi connectivity index (χ2n) is 6.82. The van der Waals surface area contributed by atoms with Gasteiger partial charge >= 0.3 is 0 Å². The molecular weight excluding hydrogens is 396 g/mol. The molecule has 1 amide bonds. The van der Waals surface area contributed by atoms with E-state index in [1.54, 1.807) is 30.3 Å². The minimum atomic E-state index is -3.54. The number of nitrogens with one attached hydrogen (secondary N) is 1. The average molecular weight is 419 g/mol. The van der Waals surface area contributed by atoms with Crippen molar-refractivity contribution in [3.8, 4) is 0 Å². The number of aryl methyl sites for hydroxylation is 1. The molecule has 2 aromatic rings. The van der Waals surface area contributed by atoms with E-state index in [0.29, 0.717) is 23.8 Å². The Kier molecular flexibility index (Phi) is 6.54. The Balaban J connectivity index is 1.75. The number of anilines is 1. The fourth-order valence-corrected chi connectivity index (χ4v) is 4.74. The van der Waals surface area contributed by atoms with Gasteiger partial charge in [0.1, 0.15) is 0 Å². The van der Waals surface area contributed by atoms with Gasteiger partial charge < -0.3 is 5.32 Å². The van der Waals surface area contributed by atoms with Crippen molar-refractivity contribution >= 4 is 39.3 Å². The lowest BCUT2D eigenvalue weighted by atomic mass is 10.2. The molecule has 7 heteroatoms. The van der Waals surface area contributed by atoms with E-state index in [2.05, 4.69) is 5.32 Å². The van der Waals surface area contributed by atoms with Crippen LogP contribution < -0.4 is 5.32 Å². The second-order valence-corrected chi connectivity index (χ2v) is 9.19. The van der Waals surface area contributed by atoms with E-state index < -0.39 is 10.0 Å². The van der Waals surface area contributed by atoms with Crippen LogP contribution in [-0.4, -0.2) is 31.7 Å². The van der Waals surface area contributed by atoms with Crippen molar-refractivity contribution < 1.29 is 13.2 Å². The molecule has 0 unspecified atom stereocenters. The van der Waals surface area contributed by atoms with Gasteiger partial charge in [-0.15, -0.1) is 0 Å². The predicted octanol–water partition coefficient (Wildman–Crippen LogP) is 4.47. The number of hydrogen-bond donors (Lipinski definition) is 1. The van der Waals surface area contributed by atoms with Crippen molar-refractivity contribution in [2.24, 2.45) is 0 Å². The molecule has 1 aliphatic heterocycles. The first-order valence-electron chi connectivity index (χ1n) is 9.22. The van der Waals surface area contributed by atoms with E-state index in [-0.39, 0.29) is 10.8 Å². The van der Waals surface area contributed by atoms with Gasteiger partial charge in [-0.2, -0.15) is 4.31 Å². The Morgan fingerprint density at radius 3 is 2.43 bits per heavy atom. The Morgan fingerprint density at radius 1 is 1.07 bits per heavy atom. The summed E-state index contributed by atoms with van der Waals surface area (Å²) in [6.07, 6.45) is 5.90. The Bertz CT molecular complexity index is 979. The molecule has 5 nitrogen and oxygen atoms in total. The van der Waals surface area contributed by atoms with E-state index in [1.807, 2.05) is 19.1 Å². The molecule has 0 saturated carbocycles. The third-order valence-corrected chi connectivity index (χ3v) is 6.86. The van der Waals surface area contributed by atoms with Crippen LogP contribution in [0, 0.1) is 6.92 Å². The van der Waals surface area contributed by atoms with Gasteiger partial charge in [0.25, 0.3) is 0 Å². The maximum Gasteiger partial charge on any atom is 0.248 e. The number of carbonyl (C=O) groups is 1. The Hall–Kier alpha value is -2.15.